The van der Waals surface area contributed by atoms with Gasteiger partial charge in [0, 0.05) is 0 Å². The van der Waals surface area contributed by atoms with E-state index in [0.29, 0.717) is 12.4 Å². The largest absolute Gasteiger partial charge is 0.490 e. The lowest BCUT2D eigenvalue weighted by Gasteiger charge is -2.12. The first-order valence-electron chi connectivity index (χ1n) is 5.88. The number of hydrogen-bond acceptors (Lipinski definition) is 2. The summed E-state index contributed by atoms with van der Waals surface area (Å²) >= 11 is 0. The van der Waals surface area contributed by atoms with Crippen LogP contribution in [-0.4, -0.2) is 12.4 Å². The molecule has 88 valence electrons. The summed E-state index contributed by atoms with van der Waals surface area (Å²) in [4.78, 5) is 11.9. The zero-order valence-electron chi connectivity index (χ0n) is 9.98. The van der Waals surface area contributed by atoms with Crippen molar-refractivity contribution in [1.29, 1.82) is 0 Å². The number of benzene rings is 1. The molecule has 2 nitrogen and oxygen atoms in total. The molecular formula is C15H16O2. The smallest absolute Gasteiger partial charge is 0.220 e. The van der Waals surface area contributed by atoms with E-state index in [1.165, 1.54) is 0 Å². The molecule has 0 bridgehead atoms. The third kappa shape index (κ3) is 3.06. The molecular weight excluding hydrogens is 212 g/mol. The highest BCUT2D eigenvalue weighted by molar-refractivity contribution is 6.06. The highest BCUT2D eigenvalue weighted by atomic mass is 16.5. The highest BCUT2D eigenvalue weighted by Gasteiger charge is 2.11. The zero-order valence-corrected chi connectivity index (χ0v) is 9.98. The van der Waals surface area contributed by atoms with Crippen molar-refractivity contribution in [3.05, 3.63) is 53.8 Å². The Kier molecular flexibility index (Phi) is 3.76. The summed E-state index contributed by atoms with van der Waals surface area (Å²) in [5, 5.41) is 0. The Morgan fingerprint density at radius 3 is 2.71 bits per heavy atom. The molecule has 0 aliphatic carbocycles. The molecule has 0 aromatic heterocycles. The maximum absolute atomic E-state index is 11.9. The van der Waals surface area contributed by atoms with Gasteiger partial charge in [-0.05, 0) is 43.1 Å². The molecule has 2 rings (SSSR count). The van der Waals surface area contributed by atoms with E-state index in [4.69, 9.17) is 4.74 Å². The quantitative estimate of drug-likeness (QED) is 0.741. The summed E-state index contributed by atoms with van der Waals surface area (Å²) in [5.74, 6) is 0.456. The molecule has 0 unspecified atom stereocenters. The van der Waals surface area contributed by atoms with Crippen LogP contribution in [0, 0.1) is 0 Å². The minimum absolute atomic E-state index is 0.0361. The van der Waals surface area contributed by atoms with E-state index in [1.54, 1.807) is 6.08 Å². The van der Waals surface area contributed by atoms with Gasteiger partial charge in [-0.25, -0.2) is 0 Å². The number of rotatable bonds is 3. The van der Waals surface area contributed by atoms with Crippen molar-refractivity contribution in [3.63, 3.8) is 0 Å². The lowest BCUT2D eigenvalue weighted by Crippen LogP contribution is -2.09. The van der Waals surface area contributed by atoms with Gasteiger partial charge < -0.3 is 4.74 Å². The van der Waals surface area contributed by atoms with Gasteiger partial charge in [0.15, 0.2) is 5.76 Å². The summed E-state index contributed by atoms with van der Waals surface area (Å²) in [5.41, 5.74) is 2.03. The number of carbonyl (C=O) groups is 1. The summed E-state index contributed by atoms with van der Waals surface area (Å²) in [6, 6.07) is 9.89. The van der Waals surface area contributed by atoms with Gasteiger partial charge in [0.1, 0.15) is 0 Å². The van der Waals surface area contributed by atoms with Crippen molar-refractivity contribution in [1.82, 2.24) is 0 Å². The third-order valence-electron chi connectivity index (χ3n) is 2.76. The Morgan fingerprint density at radius 1 is 1.29 bits per heavy atom. The summed E-state index contributed by atoms with van der Waals surface area (Å²) in [6.07, 6.45) is 5.45. The van der Waals surface area contributed by atoms with E-state index in [9.17, 15) is 4.79 Å². The molecule has 0 saturated heterocycles. The molecule has 0 N–H and O–H groups in total. The minimum Gasteiger partial charge on any atom is -0.490 e. The van der Waals surface area contributed by atoms with Crippen LogP contribution < -0.4 is 0 Å². The number of ketones is 1. The Hall–Kier alpha value is -1.83. The molecule has 1 heterocycles. The molecule has 1 aromatic rings. The molecule has 0 amide bonds. The Labute approximate surface area is 102 Å². The van der Waals surface area contributed by atoms with E-state index in [1.807, 2.05) is 43.3 Å². The summed E-state index contributed by atoms with van der Waals surface area (Å²) < 4.78 is 5.34. The van der Waals surface area contributed by atoms with Crippen molar-refractivity contribution in [2.24, 2.45) is 0 Å². The second kappa shape index (κ2) is 5.48. The third-order valence-corrected chi connectivity index (χ3v) is 2.76. The first-order valence-corrected chi connectivity index (χ1v) is 5.88. The second-order valence-corrected chi connectivity index (χ2v) is 4.12. The molecule has 0 saturated carbocycles. The Morgan fingerprint density at radius 2 is 2.06 bits per heavy atom. The number of carbonyl (C=O) groups excluding carboxylic acids is 1. The first kappa shape index (κ1) is 11.6. The van der Waals surface area contributed by atoms with Crippen molar-refractivity contribution >= 4 is 11.4 Å². The van der Waals surface area contributed by atoms with E-state index in [0.717, 1.165) is 24.0 Å². The van der Waals surface area contributed by atoms with Gasteiger partial charge in [-0.1, -0.05) is 30.3 Å². The average molecular weight is 228 g/mol. The number of ether oxygens (including phenoxy) is 1. The van der Waals surface area contributed by atoms with Crippen molar-refractivity contribution in [2.75, 3.05) is 6.61 Å². The normalized spacial score (nSPS) is 16.1. The van der Waals surface area contributed by atoms with Crippen LogP contribution in [0.3, 0.4) is 0 Å². The van der Waals surface area contributed by atoms with E-state index in [-0.39, 0.29) is 5.78 Å². The van der Waals surface area contributed by atoms with Gasteiger partial charge >= 0.3 is 0 Å². The fraction of sp³-hybridized carbons (Fsp3) is 0.267. The van der Waals surface area contributed by atoms with Gasteiger partial charge in [0.2, 0.25) is 5.78 Å². The SMILES string of the molecule is C/C(=C\C(=O)C1=CCCCO1)c1ccccc1. The highest BCUT2D eigenvalue weighted by Crippen LogP contribution is 2.16. The topological polar surface area (TPSA) is 26.3 Å². The van der Waals surface area contributed by atoms with Crippen LogP contribution >= 0.6 is 0 Å². The maximum Gasteiger partial charge on any atom is 0.220 e. The monoisotopic (exact) mass is 228 g/mol. The van der Waals surface area contributed by atoms with Crippen molar-refractivity contribution < 1.29 is 9.53 Å². The molecule has 0 spiro atoms. The van der Waals surface area contributed by atoms with Gasteiger partial charge in [-0.2, -0.15) is 0 Å². The molecule has 2 heteroatoms. The van der Waals surface area contributed by atoms with Gasteiger partial charge in [0.25, 0.3) is 0 Å². The summed E-state index contributed by atoms with van der Waals surface area (Å²) in [7, 11) is 0. The molecule has 1 aromatic carbocycles. The Balaban J connectivity index is 2.14. The molecule has 0 atom stereocenters. The van der Waals surface area contributed by atoms with Gasteiger partial charge in [-0.3, -0.25) is 4.79 Å². The van der Waals surface area contributed by atoms with Crippen LogP contribution in [0.4, 0.5) is 0 Å². The summed E-state index contributed by atoms with van der Waals surface area (Å²) in [6.45, 7) is 2.59. The van der Waals surface area contributed by atoms with E-state index < -0.39 is 0 Å². The zero-order chi connectivity index (χ0) is 12.1. The van der Waals surface area contributed by atoms with Crippen LogP contribution in [0.5, 0.6) is 0 Å². The molecule has 1 aliphatic heterocycles. The van der Waals surface area contributed by atoms with E-state index in [2.05, 4.69) is 0 Å². The second-order valence-electron chi connectivity index (χ2n) is 4.12. The minimum atomic E-state index is -0.0361. The van der Waals surface area contributed by atoms with Crippen LogP contribution in [0.1, 0.15) is 25.3 Å². The molecule has 0 radical (unpaired) electrons. The lowest BCUT2D eigenvalue weighted by atomic mass is 10.1. The van der Waals surface area contributed by atoms with Crippen LogP contribution in [-0.2, 0) is 9.53 Å². The fourth-order valence-electron chi connectivity index (χ4n) is 1.78. The van der Waals surface area contributed by atoms with Gasteiger partial charge in [-0.15, -0.1) is 0 Å². The predicted molar refractivity (Wildman–Crippen MR) is 68.4 cm³/mol. The van der Waals surface area contributed by atoms with Crippen molar-refractivity contribution in [2.45, 2.75) is 19.8 Å². The maximum atomic E-state index is 11.9. The van der Waals surface area contributed by atoms with Gasteiger partial charge in [0.05, 0.1) is 6.61 Å². The standard InChI is InChI=1S/C15H16O2/c1-12(13-7-3-2-4-8-13)11-14(16)15-9-5-6-10-17-15/h2-4,7-9,11H,5-6,10H2,1H3/b12-11+. The molecule has 17 heavy (non-hydrogen) atoms. The average Bonchev–Trinajstić information content (AvgIpc) is 2.40. The van der Waals surface area contributed by atoms with Crippen LogP contribution in [0.25, 0.3) is 5.57 Å². The Bertz CT molecular complexity index is 455. The molecule has 1 aliphatic rings. The predicted octanol–water partition coefficient (Wildman–Crippen LogP) is 3.35. The van der Waals surface area contributed by atoms with Crippen molar-refractivity contribution in [3.8, 4) is 0 Å². The molecule has 0 fully saturated rings. The lowest BCUT2D eigenvalue weighted by molar-refractivity contribution is -0.114. The number of hydrogen-bond donors (Lipinski definition) is 0. The van der Waals surface area contributed by atoms with E-state index >= 15 is 0 Å². The van der Waals surface area contributed by atoms with Crippen LogP contribution in [0.15, 0.2) is 48.2 Å². The fourth-order valence-corrected chi connectivity index (χ4v) is 1.78. The number of allylic oxidation sites excluding steroid dienone is 3. The van der Waals surface area contributed by atoms with Crippen LogP contribution in [0.2, 0.25) is 0 Å². The first-order chi connectivity index (χ1) is 8.27.